The van der Waals surface area contributed by atoms with E-state index in [2.05, 4.69) is 20.9 Å². The van der Waals surface area contributed by atoms with E-state index in [9.17, 15) is 19.2 Å². The van der Waals surface area contributed by atoms with Gasteiger partial charge >= 0.3 is 18.2 Å². The summed E-state index contributed by atoms with van der Waals surface area (Å²) in [6.45, 7) is 0.232. The Morgan fingerprint density at radius 1 is 0.818 bits per heavy atom. The maximum atomic E-state index is 12.8. The third kappa shape index (κ3) is 9.28. The Hall–Kier alpha value is -5.45. The third-order valence-corrected chi connectivity index (χ3v) is 6.79. The van der Waals surface area contributed by atoms with E-state index in [4.69, 9.17) is 9.47 Å². The standard InChI is InChI=1S/C33H35N5O6/c1-34-31(40)38-28(20-19-24-12-5-2-6-13-24)27(29(38)39)18-11-21-35-30(36-32(41)43-22-25-14-7-3-8-15-25)37-33(42)44-23-26-16-9-4-10-17-26/h2-10,12-17,19-20,27-28H,11,18,21-23H2,1H3,(H,34,40)(H2,35,36,37,41,42)/b20-19+. The SMILES string of the molecule is CNC(=O)N1C(=O)C(CCCN=C(NC(=O)OCc2ccccc2)NC(=O)OCc2ccccc2)C1/C=C/c1ccccc1. The monoisotopic (exact) mass is 597 g/mol. The second kappa shape index (κ2) is 16.3. The van der Waals surface area contributed by atoms with E-state index < -0.39 is 30.2 Å². The number of benzene rings is 3. The number of likely N-dealkylation sites (tertiary alicyclic amines) is 1. The summed E-state index contributed by atoms with van der Waals surface area (Å²) in [4.78, 5) is 55.6. The number of imide groups is 1. The van der Waals surface area contributed by atoms with Crippen LogP contribution in [0.3, 0.4) is 0 Å². The fourth-order valence-corrected chi connectivity index (χ4v) is 4.54. The molecule has 1 fully saturated rings. The van der Waals surface area contributed by atoms with Crippen LogP contribution in [0.2, 0.25) is 0 Å². The fourth-order valence-electron chi connectivity index (χ4n) is 4.54. The minimum absolute atomic E-state index is 0.0297. The zero-order valence-electron chi connectivity index (χ0n) is 24.3. The summed E-state index contributed by atoms with van der Waals surface area (Å²) in [5.41, 5.74) is 2.54. The van der Waals surface area contributed by atoms with Crippen LogP contribution in [0, 0.1) is 5.92 Å². The van der Waals surface area contributed by atoms with E-state index in [0.29, 0.717) is 12.8 Å². The molecule has 3 aromatic rings. The Balaban J connectivity index is 1.36. The average Bonchev–Trinajstić information content (AvgIpc) is 3.05. The number of hydrogen-bond donors (Lipinski definition) is 3. The number of ether oxygens (including phenoxy) is 2. The molecule has 1 heterocycles. The van der Waals surface area contributed by atoms with Gasteiger partial charge in [-0.25, -0.2) is 14.4 Å². The molecule has 3 N–H and O–H groups in total. The number of urea groups is 1. The van der Waals surface area contributed by atoms with Crippen LogP contribution in [-0.4, -0.2) is 54.6 Å². The molecular weight excluding hydrogens is 562 g/mol. The lowest BCUT2D eigenvalue weighted by Gasteiger charge is -2.44. The van der Waals surface area contributed by atoms with Crippen molar-refractivity contribution in [2.24, 2.45) is 10.9 Å². The van der Waals surface area contributed by atoms with Crippen LogP contribution in [0.1, 0.15) is 29.5 Å². The van der Waals surface area contributed by atoms with Crippen LogP contribution in [0.15, 0.2) is 102 Å². The number of nitrogens with zero attached hydrogens (tertiary/aromatic N) is 2. The molecule has 0 aromatic heterocycles. The lowest BCUT2D eigenvalue weighted by Crippen LogP contribution is -2.64. The van der Waals surface area contributed by atoms with Gasteiger partial charge in [0.25, 0.3) is 0 Å². The van der Waals surface area contributed by atoms with Gasteiger partial charge < -0.3 is 14.8 Å². The molecule has 2 atom stereocenters. The maximum absolute atomic E-state index is 12.8. The number of aliphatic imine (C=N–C) groups is 1. The highest BCUT2D eigenvalue weighted by molar-refractivity contribution is 6.02. The van der Waals surface area contributed by atoms with Crippen LogP contribution in [-0.2, 0) is 27.5 Å². The second-order valence-electron chi connectivity index (χ2n) is 9.88. The lowest BCUT2D eigenvalue weighted by molar-refractivity contribution is -0.147. The number of rotatable bonds is 10. The zero-order chi connectivity index (χ0) is 31.1. The number of carbonyl (C=O) groups is 4. The Kier molecular flexibility index (Phi) is 11.6. The maximum Gasteiger partial charge on any atom is 0.414 e. The largest absolute Gasteiger partial charge is 0.444 e. The first-order valence-corrected chi connectivity index (χ1v) is 14.2. The van der Waals surface area contributed by atoms with E-state index in [1.165, 1.54) is 11.9 Å². The molecule has 4 rings (SSSR count). The average molecular weight is 598 g/mol. The molecule has 0 aliphatic carbocycles. The number of carbonyl (C=O) groups excluding carboxylic acids is 4. The molecule has 1 aliphatic rings. The van der Waals surface area contributed by atoms with Crippen molar-refractivity contribution >= 4 is 36.2 Å². The normalized spacial score (nSPS) is 15.6. The van der Waals surface area contributed by atoms with Crippen LogP contribution >= 0.6 is 0 Å². The summed E-state index contributed by atoms with van der Waals surface area (Å²) in [6, 6.07) is 27.0. The van der Waals surface area contributed by atoms with Crippen molar-refractivity contribution in [2.75, 3.05) is 13.6 Å². The van der Waals surface area contributed by atoms with Gasteiger partial charge in [-0.1, -0.05) is 103 Å². The molecule has 2 unspecified atom stereocenters. The highest BCUT2D eigenvalue weighted by Crippen LogP contribution is 2.32. The fraction of sp³-hybridized carbons (Fsp3) is 0.242. The van der Waals surface area contributed by atoms with E-state index in [0.717, 1.165) is 16.7 Å². The van der Waals surface area contributed by atoms with Crippen LogP contribution in [0.4, 0.5) is 14.4 Å². The number of nitrogens with one attached hydrogen (secondary N) is 3. The van der Waals surface area contributed by atoms with Crippen LogP contribution < -0.4 is 16.0 Å². The van der Waals surface area contributed by atoms with Gasteiger partial charge in [-0.2, -0.15) is 0 Å². The van der Waals surface area contributed by atoms with Gasteiger partial charge in [0, 0.05) is 13.6 Å². The summed E-state index contributed by atoms with van der Waals surface area (Å²) >= 11 is 0. The minimum Gasteiger partial charge on any atom is -0.444 e. The second-order valence-corrected chi connectivity index (χ2v) is 9.88. The number of β-lactam (4-membered cyclic amide) rings is 1. The van der Waals surface area contributed by atoms with E-state index >= 15 is 0 Å². The highest BCUT2D eigenvalue weighted by atomic mass is 16.6. The van der Waals surface area contributed by atoms with Gasteiger partial charge in [-0.05, 0) is 29.5 Å². The molecule has 1 aliphatic heterocycles. The molecular formula is C33H35N5O6. The quantitative estimate of drug-likeness (QED) is 0.132. The topological polar surface area (TPSA) is 138 Å². The van der Waals surface area contributed by atoms with E-state index in [1.807, 2.05) is 103 Å². The molecule has 3 aromatic carbocycles. The first-order chi connectivity index (χ1) is 21.4. The molecule has 0 bridgehead atoms. The van der Waals surface area contributed by atoms with Crippen molar-refractivity contribution in [3.8, 4) is 0 Å². The molecule has 228 valence electrons. The highest BCUT2D eigenvalue weighted by Gasteiger charge is 2.48. The smallest absolute Gasteiger partial charge is 0.414 e. The summed E-state index contributed by atoms with van der Waals surface area (Å²) in [5.74, 6) is -0.839. The van der Waals surface area contributed by atoms with Crippen LogP contribution in [0.5, 0.6) is 0 Å². The van der Waals surface area contributed by atoms with E-state index in [-0.39, 0.29) is 31.6 Å². The third-order valence-electron chi connectivity index (χ3n) is 6.79. The molecule has 11 heteroatoms. The van der Waals surface area contributed by atoms with Gasteiger partial charge in [0.05, 0.1) is 12.0 Å². The van der Waals surface area contributed by atoms with Gasteiger partial charge in [-0.15, -0.1) is 0 Å². The molecule has 44 heavy (non-hydrogen) atoms. The number of hydrogen-bond acceptors (Lipinski definition) is 7. The molecule has 11 nitrogen and oxygen atoms in total. The van der Waals surface area contributed by atoms with Crippen molar-refractivity contribution in [3.63, 3.8) is 0 Å². The summed E-state index contributed by atoms with van der Waals surface area (Å²) < 4.78 is 10.5. The summed E-state index contributed by atoms with van der Waals surface area (Å²) in [7, 11) is 1.48. The predicted molar refractivity (Wildman–Crippen MR) is 165 cm³/mol. The number of amides is 5. The van der Waals surface area contributed by atoms with Crippen molar-refractivity contribution in [1.29, 1.82) is 0 Å². The van der Waals surface area contributed by atoms with Gasteiger partial charge in [-0.3, -0.25) is 25.3 Å². The Labute approximate surface area is 256 Å². The lowest BCUT2D eigenvalue weighted by atomic mass is 9.83. The molecule has 0 spiro atoms. The van der Waals surface area contributed by atoms with Gasteiger partial charge in [0.15, 0.2) is 0 Å². The van der Waals surface area contributed by atoms with Crippen molar-refractivity contribution in [1.82, 2.24) is 20.9 Å². The van der Waals surface area contributed by atoms with Crippen molar-refractivity contribution < 1.29 is 28.7 Å². The Morgan fingerprint density at radius 3 is 1.86 bits per heavy atom. The first-order valence-electron chi connectivity index (χ1n) is 14.2. The van der Waals surface area contributed by atoms with Gasteiger partial charge in [0.1, 0.15) is 13.2 Å². The predicted octanol–water partition coefficient (Wildman–Crippen LogP) is 4.86. The summed E-state index contributed by atoms with van der Waals surface area (Å²) in [6.07, 6.45) is 2.99. The van der Waals surface area contributed by atoms with Gasteiger partial charge in [0.2, 0.25) is 11.9 Å². The van der Waals surface area contributed by atoms with E-state index in [1.54, 1.807) is 0 Å². The van der Waals surface area contributed by atoms with Crippen LogP contribution in [0.25, 0.3) is 6.08 Å². The molecule has 1 saturated heterocycles. The Morgan fingerprint density at radius 2 is 1.34 bits per heavy atom. The summed E-state index contributed by atoms with van der Waals surface area (Å²) in [5, 5.41) is 7.42. The molecule has 0 radical (unpaired) electrons. The molecule has 0 saturated carbocycles. The Bertz CT molecular complexity index is 1400. The molecule has 5 amide bonds. The minimum atomic E-state index is -0.808. The van der Waals surface area contributed by atoms with Crippen molar-refractivity contribution in [2.45, 2.75) is 32.1 Å². The first kappa shape index (κ1) is 31.5. The zero-order valence-corrected chi connectivity index (χ0v) is 24.3. The number of alkyl carbamates (subject to hydrolysis) is 2. The number of guanidine groups is 1. The van der Waals surface area contributed by atoms with Crippen molar-refractivity contribution in [3.05, 3.63) is 114 Å².